The number of fused-ring (bicyclic) bond motifs is 1. The van der Waals surface area contributed by atoms with Crippen LogP contribution < -0.4 is 16.7 Å². The highest BCUT2D eigenvalue weighted by atomic mass is 16.4. The molecule has 3 rings (SSSR count). The summed E-state index contributed by atoms with van der Waals surface area (Å²) in [7, 11) is 0. The number of anilines is 1. The minimum Gasteiger partial charge on any atom is -0.505 e. The molecule has 140 valence electrons. The minimum atomic E-state index is -0.791. The molecule has 27 heavy (non-hydrogen) atoms. The molecule has 2 aromatic carbocycles. The molecule has 4 N–H and O–H groups in total. The van der Waals surface area contributed by atoms with Crippen LogP contribution in [-0.2, 0) is 11.2 Å². The molecule has 1 amide bonds. The number of benzene rings is 2. The zero-order valence-electron chi connectivity index (χ0n) is 15.1. The van der Waals surface area contributed by atoms with Crippen molar-refractivity contribution in [1.29, 1.82) is 0 Å². The minimum absolute atomic E-state index is 0.0444. The Hall–Kier alpha value is -3.12. The topological polar surface area (TPSA) is 106 Å². The molecule has 0 saturated carbocycles. The quantitative estimate of drug-likeness (QED) is 0.580. The van der Waals surface area contributed by atoms with Gasteiger partial charge in [0.15, 0.2) is 11.4 Å². The van der Waals surface area contributed by atoms with Gasteiger partial charge >= 0.3 is 5.63 Å². The highest BCUT2D eigenvalue weighted by molar-refractivity contribution is 6.00. The summed E-state index contributed by atoms with van der Waals surface area (Å²) in [6, 6.07) is 13.4. The Morgan fingerprint density at radius 2 is 1.93 bits per heavy atom. The lowest BCUT2D eigenvalue weighted by Gasteiger charge is -2.15. The van der Waals surface area contributed by atoms with E-state index in [0.717, 1.165) is 23.1 Å². The van der Waals surface area contributed by atoms with Crippen molar-refractivity contribution in [2.75, 3.05) is 11.9 Å². The third-order valence-electron chi connectivity index (χ3n) is 4.38. The average Bonchev–Trinajstić information content (AvgIpc) is 2.66. The van der Waals surface area contributed by atoms with E-state index in [2.05, 4.69) is 5.32 Å². The molecule has 1 aromatic heterocycles. The maximum Gasteiger partial charge on any atom is 0.364 e. The van der Waals surface area contributed by atoms with E-state index in [9.17, 15) is 14.7 Å². The summed E-state index contributed by atoms with van der Waals surface area (Å²) < 4.78 is 5.37. The fourth-order valence-electron chi connectivity index (χ4n) is 3.18. The van der Waals surface area contributed by atoms with Gasteiger partial charge in [-0.15, -0.1) is 0 Å². The van der Waals surface area contributed by atoms with Crippen LogP contribution in [0, 0.1) is 0 Å². The Bertz CT molecular complexity index is 1030. The molecule has 6 nitrogen and oxygen atoms in total. The first kappa shape index (κ1) is 18.7. The molecule has 0 aliphatic carbocycles. The number of hydrogen-bond acceptors (Lipinski definition) is 5. The van der Waals surface area contributed by atoms with Crippen LogP contribution in [0.3, 0.4) is 0 Å². The molecule has 0 radical (unpaired) electrons. The number of rotatable bonds is 6. The third kappa shape index (κ3) is 3.71. The standard InChI is InChI=1S/C21H22N2O4/c1-2-6-15-14(13-7-4-3-5-8-13)9-10-16-18(15)20(25)19(21(26)27-16)23-17(24)11-12-22/h3-5,7-10,25H,2,6,11-12,22H2,1H3,(H,23,24). The van der Waals surface area contributed by atoms with Gasteiger partial charge in [0, 0.05) is 13.0 Å². The highest BCUT2D eigenvalue weighted by Crippen LogP contribution is 2.38. The number of amides is 1. The van der Waals surface area contributed by atoms with E-state index in [1.807, 2.05) is 43.3 Å². The molecule has 0 aliphatic heterocycles. The lowest BCUT2D eigenvalue weighted by atomic mass is 9.93. The van der Waals surface area contributed by atoms with Crippen molar-refractivity contribution >= 4 is 22.6 Å². The smallest absolute Gasteiger partial charge is 0.364 e. The summed E-state index contributed by atoms with van der Waals surface area (Å²) in [6.07, 6.45) is 1.56. The molecule has 0 unspecified atom stereocenters. The lowest BCUT2D eigenvalue weighted by Crippen LogP contribution is -2.20. The van der Waals surface area contributed by atoms with Crippen molar-refractivity contribution in [2.45, 2.75) is 26.2 Å². The number of aryl methyl sites for hydroxylation is 1. The Labute approximate surface area is 156 Å². The van der Waals surface area contributed by atoms with Crippen molar-refractivity contribution in [3.63, 3.8) is 0 Å². The summed E-state index contributed by atoms with van der Waals surface area (Å²) in [6.45, 7) is 2.18. The van der Waals surface area contributed by atoms with Gasteiger partial charge in [-0.3, -0.25) is 4.79 Å². The van der Waals surface area contributed by atoms with Gasteiger partial charge in [0.05, 0.1) is 5.39 Å². The predicted molar refractivity (Wildman–Crippen MR) is 106 cm³/mol. The second-order valence-electron chi connectivity index (χ2n) is 6.28. The van der Waals surface area contributed by atoms with E-state index in [1.165, 1.54) is 0 Å². The van der Waals surface area contributed by atoms with Gasteiger partial charge in [-0.1, -0.05) is 49.7 Å². The van der Waals surface area contributed by atoms with E-state index >= 15 is 0 Å². The maximum absolute atomic E-state index is 12.2. The van der Waals surface area contributed by atoms with Crippen molar-refractivity contribution in [3.05, 3.63) is 58.4 Å². The molecule has 1 heterocycles. The molecule has 0 spiro atoms. The summed E-state index contributed by atoms with van der Waals surface area (Å²) in [5.41, 5.74) is 7.45. The SMILES string of the molecule is CCCc1c(-c2ccccc2)ccc2oc(=O)c(NC(=O)CCN)c(O)c12. The van der Waals surface area contributed by atoms with Crippen LogP contribution in [0.4, 0.5) is 5.69 Å². The number of nitrogens with one attached hydrogen (secondary N) is 1. The molecule has 0 fully saturated rings. The first-order chi connectivity index (χ1) is 13.1. The average molecular weight is 366 g/mol. The van der Waals surface area contributed by atoms with E-state index in [-0.39, 0.29) is 30.0 Å². The zero-order chi connectivity index (χ0) is 19.4. The van der Waals surface area contributed by atoms with Crippen molar-refractivity contribution in [3.8, 4) is 16.9 Å². The summed E-state index contributed by atoms with van der Waals surface area (Å²) in [5, 5.41) is 13.7. The van der Waals surface area contributed by atoms with Crippen LogP contribution >= 0.6 is 0 Å². The molecular formula is C21H22N2O4. The number of nitrogens with two attached hydrogens (primary N) is 1. The highest BCUT2D eigenvalue weighted by Gasteiger charge is 2.20. The van der Waals surface area contributed by atoms with Gasteiger partial charge in [-0.2, -0.15) is 0 Å². The van der Waals surface area contributed by atoms with Gasteiger partial charge in [-0.25, -0.2) is 4.79 Å². The second kappa shape index (κ2) is 8.05. The van der Waals surface area contributed by atoms with Crippen LogP contribution in [-0.4, -0.2) is 17.6 Å². The molecular weight excluding hydrogens is 344 g/mol. The van der Waals surface area contributed by atoms with Gasteiger partial charge in [0.25, 0.3) is 0 Å². The van der Waals surface area contributed by atoms with E-state index in [1.54, 1.807) is 6.07 Å². The van der Waals surface area contributed by atoms with Crippen LogP contribution in [0.15, 0.2) is 51.7 Å². The second-order valence-corrected chi connectivity index (χ2v) is 6.28. The molecule has 0 aliphatic rings. The normalized spacial score (nSPS) is 10.9. The number of carbonyl (C=O) groups is 1. The molecule has 0 bridgehead atoms. The van der Waals surface area contributed by atoms with Gasteiger partial charge in [0.1, 0.15) is 5.58 Å². The van der Waals surface area contributed by atoms with Crippen molar-refractivity contribution in [2.24, 2.45) is 5.73 Å². The number of aromatic hydroxyl groups is 1. The largest absolute Gasteiger partial charge is 0.505 e. The Morgan fingerprint density at radius 3 is 2.59 bits per heavy atom. The summed E-state index contributed by atoms with van der Waals surface area (Å²) >= 11 is 0. The predicted octanol–water partition coefficient (Wildman–Crippen LogP) is 3.41. The fourth-order valence-corrected chi connectivity index (χ4v) is 3.18. The third-order valence-corrected chi connectivity index (χ3v) is 4.38. The summed E-state index contributed by atoms with van der Waals surface area (Å²) in [5.74, 6) is -0.719. The van der Waals surface area contributed by atoms with E-state index in [4.69, 9.17) is 10.2 Å². The number of hydrogen-bond donors (Lipinski definition) is 3. The molecule has 6 heteroatoms. The Morgan fingerprint density at radius 1 is 1.19 bits per heavy atom. The van der Waals surface area contributed by atoms with Crippen LogP contribution in [0.1, 0.15) is 25.3 Å². The number of carbonyl (C=O) groups excluding carboxylic acids is 1. The molecule has 3 aromatic rings. The van der Waals surface area contributed by atoms with Crippen molar-refractivity contribution in [1.82, 2.24) is 0 Å². The van der Waals surface area contributed by atoms with Crippen LogP contribution in [0.5, 0.6) is 5.75 Å². The van der Waals surface area contributed by atoms with E-state index in [0.29, 0.717) is 11.8 Å². The summed E-state index contributed by atoms with van der Waals surface area (Å²) in [4.78, 5) is 24.1. The van der Waals surface area contributed by atoms with E-state index < -0.39 is 11.5 Å². The van der Waals surface area contributed by atoms with Gasteiger partial charge in [0.2, 0.25) is 5.91 Å². The van der Waals surface area contributed by atoms with Gasteiger partial charge in [-0.05, 0) is 29.2 Å². The van der Waals surface area contributed by atoms with Crippen LogP contribution in [0.25, 0.3) is 22.1 Å². The monoisotopic (exact) mass is 366 g/mol. The fraction of sp³-hybridized carbons (Fsp3) is 0.238. The Balaban J connectivity index is 2.26. The lowest BCUT2D eigenvalue weighted by molar-refractivity contribution is -0.116. The van der Waals surface area contributed by atoms with Crippen LogP contribution in [0.2, 0.25) is 0 Å². The van der Waals surface area contributed by atoms with Gasteiger partial charge < -0.3 is 20.6 Å². The Kier molecular flexibility index (Phi) is 5.57. The maximum atomic E-state index is 12.2. The molecule has 0 atom stereocenters. The first-order valence-electron chi connectivity index (χ1n) is 8.93. The zero-order valence-corrected chi connectivity index (χ0v) is 15.1. The molecule has 0 saturated heterocycles. The van der Waals surface area contributed by atoms with Crippen molar-refractivity contribution < 1.29 is 14.3 Å². The first-order valence-corrected chi connectivity index (χ1v) is 8.93.